The highest BCUT2D eigenvalue weighted by atomic mass is 35.5. The lowest BCUT2D eigenvalue weighted by Gasteiger charge is -2.26. The van der Waals surface area contributed by atoms with Crippen LogP contribution in [0.5, 0.6) is 17.2 Å². The number of aliphatic hydroxyl groups excluding tert-OH is 1. The third-order valence-corrected chi connectivity index (χ3v) is 6.44. The number of hydrogen-bond acceptors (Lipinski definition) is 6. The van der Waals surface area contributed by atoms with E-state index in [1.165, 1.54) is 4.90 Å². The zero-order chi connectivity index (χ0) is 27.4. The molecule has 4 rings (SSSR count). The molecule has 1 fully saturated rings. The minimum atomic E-state index is -0.823. The molecule has 3 aromatic rings. The average molecular weight is 536 g/mol. The van der Waals surface area contributed by atoms with E-state index in [0.29, 0.717) is 40.0 Å². The summed E-state index contributed by atoms with van der Waals surface area (Å²) >= 11 is 6.23. The molecular weight excluding hydrogens is 506 g/mol. The predicted octanol–water partition coefficient (Wildman–Crippen LogP) is 6.16. The number of carbonyl (C=O) groups excluding carboxylic acids is 2. The monoisotopic (exact) mass is 535 g/mol. The first-order valence-corrected chi connectivity index (χ1v) is 12.7. The van der Waals surface area contributed by atoms with Gasteiger partial charge in [0, 0.05) is 12.1 Å². The van der Waals surface area contributed by atoms with Gasteiger partial charge < -0.3 is 24.2 Å². The third-order valence-electron chi connectivity index (χ3n) is 6.12. The summed E-state index contributed by atoms with van der Waals surface area (Å²) in [5.74, 6) is -0.0516. The van der Waals surface area contributed by atoms with Crippen molar-refractivity contribution in [3.63, 3.8) is 0 Å². The van der Waals surface area contributed by atoms with Crippen molar-refractivity contribution < 1.29 is 28.9 Å². The lowest BCUT2D eigenvalue weighted by atomic mass is 9.95. The number of nitrogens with zero attached hydrogens (tertiary/aromatic N) is 1. The number of likely N-dealkylation sites (tertiary alicyclic amines) is 1. The number of amides is 1. The van der Waals surface area contributed by atoms with Crippen molar-refractivity contribution >= 4 is 29.1 Å². The molecule has 7 nitrogen and oxygen atoms in total. The molecule has 198 valence electrons. The maximum absolute atomic E-state index is 13.4. The molecule has 0 bridgehead atoms. The molecule has 1 aliphatic heterocycles. The maximum atomic E-state index is 13.4. The van der Waals surface area contributed by atoms with Gasteiger partial charge in [0.2, 0.25) is 0 Å². The van der Waals surface area contributed by atoms with Gasteiger partial charge in [-0.2, -0.15) is 0 Å². The van der Waals surface area contributed by atoms with Crippen molar-refractivity contribution in [2.45, 2.75) is 39.5 Å². The van der Waals surface area contributed by atoms with Gasteiger partial charge >= 0.3 is 0 Å². The van der Waals surface area contributed by atoms with Crippen LogP contribution in [0.1, 0.15) is 43.5 Å². The van der Waals surface area contributed by atoms with Crippen molar-refractivity contribution in [1.29, 1.82) is 0 Å². The minimum Gasteiger partial charge on any atom is -0.507 e. The van der Waals surface area contributed by atoms with E-state index in [9.17, 15) is 14.7 Å². The fourth-order valence-electron chi connectivity index (χ4n) is 4.39. The van der Waals surface area contributed by atoms with Gasteiger partial charge in [-0.05, 0) is 74.4 Å². The number of halogens is 1. The molecule has 3 aromatic carbocycles. The lowest BCUT2D eigenvalue weighted by Crippen LogP contribution is -2.29. The first-order chi connectivity index (χ1) is 18.2. The Kier molecular flexibility index (Phi) is 8.27. The Bertz CT molecular complexity index is 1350. The number of Topliss-reactive ketones (excluding diaryl/α,β-unsaturated/α-hetero) is 1. The van der Waals surface area contributed by atoms with Crippen LogP contribution >= 0.6 is 11.6 Å². The second kappa shape index (κ2) is 11.6. The quantitative estimate of drug-likeness (QED) is 0.201. The normalized spacial score (nSPS) is 16.7. The summed E-state index contributed by atoms with van der Waals surface area (Å²) in [5.41, 5.74) is 1.79. The molecule has 0 spiro atoms. The smallest absolute Gasteiger partial charge is 0.295 e. The molecule has 1 amide bonds. The number of aliphatic hydroxyl groups is 1. The van der Waals surface area contributed by atoms with Gasteiger partial charge in [-0.15, -0.1) is 0 Å². The molecule has 0 radical (unpaired) electrons. The highest BCUT2D eigenvalue weighted by Gasteiger charge is 2.46. The number of hydrogen-bond donors (Lipinski definition) is 1. The molecule has 0 saturated carbocycles. The fraction of sp³-hybridized carbons (Fsp3) is 0.267. The van der Waals surface area contributed by atoms with Gasteiger partial charge in [0.1, 0.15) is 23.0 Å². The Morgan fingerprint density at radius 3 is 2.26 bits per heavy atom. The molecule has 0 aromatic heterocycles. The van der Waals surface area contributed by atoms with Gasteiger partial charge in [-0.1, -0.05) is 35.9 Å². The van der Waals surface area contributed by atoms with Crippen LogP contribution in [0.4, 0.5) is 0 Å². The van der Waals surface area contributed by atoms with E-state index < -0.39 is 17.7 Å². The number of ketones is 1. The van der Waals surface area contributed by atoms with Gasteiger partial charge in [0.15, 0.2) is 0 Å². The zero-order valence-corrected chi connectivity index (χ0v) is 22.5. The zero-order valence-electron chi connectivity index (χ0n) is 21.7. The Labute approximate surface area is 227 Å². The topological polar surface area (TPSA) is 85.3 Å². The molecular formula is C30H30ClNO6. The summed E-state index contributed by atoms with van der Waals surface area (Å²) in [6.45, 7) is 6.22. The first-order valence-electron chi connectivity index (χ1n) is 12.3. The summed E-state index contributed by atoms with van der Waals surface area (Å²) in [6, 6.07) is 18.4. The summed E-state index contributed by atoms with van der Waals surface area (Å²) in [6.07, 6.45) is -0.00834. The SMILES string of the molecule is CCOc1cc(/C(O)=C2/C(=O)C(=O)N(Cc3ccc(OC)cc3)C2c2ccc(OC(C)C)cc2)ccc1Cl. The molecule has 1 heterocycles. The van der Waals surface area contributed by atoms with Gasteiger partial charge in [-0.25, -0.2) is 0 Å². The summed E-state index contributed by atoms with van der Waals surface area (Å²) in [7, 11) is 1.58. The Hall–Kier alpha value is -3.97. The summed E-state index contributed by atoms with van der Waals surface area (Å²) in [4.78, 5) is 28.2. The van der Waals surface area contributed by atoms with Crippen LogP contribution in [0.3, 0.4) is 0 Å². The second-order valence-electron chi connectivity index (χ2n) is 9.09. The van der Waals surface area contributed by atoms with E-state index in [2.05, 4.69) is 0 Å². The summed E-state index contributed by atoms with van der Waals surface area (Å²) in [5, 5.41) is 11.8. The maximum Gasteiger partial charge on any atom is 0.295 e. The van der Waals surface area contributed by atoms with Crippen LogP contribution in [0, 0.1) is 0 Å². The fourth-order valence-corrected chi connectivity index (χ4v) is 4.56. The Morgan fingerprint density at radius 2 is 1.66 bits per heavy atom. The van der Waals surface area contributed by atoms with Crippen LogP contribution < -0.4 is 14.2 Å². The number of carbonyl (C=O) groups is 2. The van der Waals surface area contributed by atoms with Crippen molar-refractivity contribution in [3.8, 4) is 17.2 Å². The van der Waals surface area contributed by atoms with Crippen LogP contribution in [0.2, 0.25) is 5.02 Å². The van der Waals surface area contributed by atoms with Crippen LogP contribution in [-0.2, 0) is 16.1 Å². The van der Waals surface area contributed by atoms with Crippen LogP contribution in [0.15, 0.2) is 72.3 Å². The number of rotatable bonds is 9. The number of methoxy groups -OCH3 is 1. The lowest BCUT2D eigenvalue weighted by molar-refractivity contribution is -0.140. The molecule has 0 aliphatic carbocycles. The van der Waals surface area contributed by atoms with Gasteiger partial charge in [-0.3, -0.25) is 9.59 Å². The van der Waals surface area contributed by atoms with Gasteiger partial charge in [0.05, 0.1) is 36.5 Å². The number of benzene rings is 3. The Balaban J connectivity index is 1.82. The van der Waals surface area contributed by atoms with E-state index in [0.717, 1.165) is 5.56 Å². The van der Waals surface area contributed by atoms with E-state index >= 15 is 0 Å². The molecule has 1 saturated heterocycles. The molecule has 1 aliphatic rings. The minimum absolute atomic E-state index is 0.00834. The Morgan fingerprint density at radius 1 is 1.00 bits per heavy atom. The van der Waals surface area contributed by atoms with Gasteiger partial charge in [0.25, 0.3) is 11.7 Å². The van der Waals surface area contributed by atoms with Crippen LogP contribution in [0.25, 0.3) is 5.76 Å². The first kappa shape index (κ1) is 27.1. The second-order valence-corrected chi connectivity index (χ2v) is 9.50. The molecule has 1 atom stereocenters. The van der Waals surface area contributed by atoms with Crippen molar-refractivity contribution in [1.82, 2.24) is 4.90 Å². The standard InChI is InChI=1S/C30H30ClNO6/c1-5-37-25-16-21(10-15-24(25)31)28(33)26-27(20-8-13-23(14-9-20)38-18(2)3)32(30(35)29(26)34)17-19-6-11-22(36-4)12-7-19/h6-16,18,27,33H,5,17H2,1-4H3/b28-26-. The molecule has 1 N–H and O–H groups in total. The van der Waals surface area contributed by atoms with Crippen LogP contribution in [-0.4, -0.2) is 41.5 Å². The van der Waals surface area contributed by atoms with E-state index in [1.807, 2.05) is 32.9 Å². The van der Waals surface area contributed by atoms with Crippen molar-refractivity contribution in [3.05, 3.63) is 94.0 Å². The third kappa shape index (κ3) is 5.63. The highest BCUT2D eigenvalue weighted by Crippen LogP contribution is 2.41. The van der Waals surface area contributed by atoms with Crippen molar-refractivity contribution in [2.75, 3.05) is 13.7 Å². The van der Waals surface area contributed by atoms with E-state index in [-0.39, 0.29) is 24.0 Å². The average Bonchev–Trinajstić information content (AvgIpc) is 3.15. The highest BCUT2D eigenvalue weighted by molar-refractivity contribution is 6.46. The predicted molar refractivity (Wildman–Crippen MR) is 146 cm³/mol. The van der Waals surface area contributed by atoms with E-state index in [1.54, 1.807) is 61.7 Å². The van der Waals surface area contributed by atoms with E-state index in [4.69, 9.17) is 25.8 Å². The summed E-state index contributed by atoms with van der Waals surface area (Å²) < 4.78 is 16.6. The molecule has 1 unspecified atom stereocenters. The molecule has 8 heteroatoms. The number of ether oxygens (including phenoxy) is 3. The molecule has 38 heavy (non-hydrogen) atoms. The van der Waals surface area contributed by atoms with Crippen molar-refractivity contribution in [2.24, 2.45) is 0 Å². The largest absolute Gasteiger partial charge is 0.507 e.